The third-order valence-corrected chi connectivity index (χ3v) is 4.64. The van der Waals surface area contributed by atoms with Crippen LogP contribution in [0, 0.1) is 13.8 Å². The molecular weight excluding hydrogens is 380 g/mol. The smallest absolute Gasteiger partial charge is 0.339 e. The Morgan fingerprint density at radius 2 is 1.83 bits per heavy atom. The van der Waals surface area contributed by atoms with Gasteiger partial charge in [0.2, 0.25) is 0 Å². The summed E-state index contributed by atoms with van der Waals surface area (Å²) in [6, 6.07) is 11.3. The predicted molar refractivity (Wildman–Crippen MR) is 95.4 cm³/mol. The van der Waals surface area contributed by atoms with Crippen molar-refractivity contribution >= 4 is 38.5 Å². The van der Waals surface area contributed by atoms with Crippen molar-refractivity contribution in [2.45, 2.75) is 20.5 Å². The highest BCUT2D eigenvalue weighted by Crippen LogP contribution is 2.32. The second-order valence-corrected chi connectivity index (χ2v) is 6.66. The summed E-state index contributed by atoms with van der Waals surface area (Å²) in [6.45, 7) is 4.01. The molecule has 2 aromatic carbocycles. The van der Waals surface area contributed by atoms with Gasteiger partial charge in [-0.05, 0) is 43.2 Å². The van der Waals surface area contributed by atoms with E-state index in [1.807, 2.05) is 31.2 Å². The van der Waals surface area contributed by atoms with Crippen LogP contribution in [0.15, 0.2) is 50.1 Å². The van der Waals surface area contributed by atoms with E-state index in [2.05, 4.69) is 15.9 Å². The van der Waals surface area contributed by atoms with Crippen LogP contribution < -0.4 is 10.4 Å². The maximum atomic E-state index is 11.8. The van der Waals surface area contributed by atoms with Crippen LogP contribution in [-0.2, 0) is 6.61 Å². The van der Waals surface area contributed by atoms with Crippen molar-refractivity contribution in [2.75, 3.05) is 0 Å². The number of halogens is 2. The number of ether oxygens (including phenoxy) is 1. The molecule has 3 nitrogen and oxygen atoms in total. The van der Waals surface area contributed by atoms with Crippen molar-refractivity contribution in [1.29, 1.82) is 0 Å². The first kappa shape index (κ1) is 16.1. The molecule has 118 valence electrons. The van der Waals surface area contributed by atoms with Gasteiger partial charge in [-0.15, -0.1) is 0 Å². The molecule has 0 aliphatic heterocycles. The lowest BCUT2D eigenvalue weighted by molar-refractivity contribution is 0.306. The van der Waals surface area contributed by atoms with Gasteiger partial charge in [0, 0.05) is 21.5 Å². The van der Waals surface area contributed by atoms with Gasteiger partial charge < -0.3 is 9.15 Å². The Balaban J connectivity index is 1.95. The van der Waals surface area contributed by atoms with Gasteiger partial charge >= 0.3 is 5.63 Å². The first-order valence-corrected chi connectivity index (χ1v) is 8.23. The van der Waals surface area contributed by atoms with E-state index in [9.17, 15) is 4.79 Å². The van der Waals surface area contributed by atoms with Gasteiger partial charge in [-0.1, -0.05) is 39.7 Å². The quantitative estimate of drug-likeness (QED) is 0.559. The molecule has 0 N–H and O–H groups in total. The minimum absolute atomic E-state index is 0.337. The Morgan fingerprint density at radius 1 is 1.13 bits per heavy atom. The summed E-state index contributed by atoms with van der Waals surface area (Å²) in [5, 5.41) is 1.31. The van der Waals surface area contributed by atoms with Crippen LogP contribution in [0.3, 0.4) is 0 Å². The van der Waals surface area contributed by atoms with E-state index in [1.165, 1.54) is 0 Å². The van der Waals surface area contributed by atoms with Crippen LogP contribution in [0.4, 0.5) is 0 Å². The molecule has 5 heteroatoms. The first-order valence-electron chi connectivity index (χ1n) is 7.06. The van der Waals surface area contributed by atoms with Crippen molar-refractivity contribution in [3.05, 3.63) is 73.0 Å². The van der Waals surface area contributed by atoms with Crippen LogP contribution in [0.1, 0.15) is 16.7 Å². The largest absolute Gasteiger partial charge is 0.487 e. The summed E-state index contributed by atoms with van der Waals surface area (Å²) < 4.78 is 12.1. The fourth-order valence-electron chi connectivity index (χ4n) is 2.30. The molecule has 0 saturated heterocycles. The molecule has 3 rings (SSSR count). The van der Waals surface area contributed by atoms with Gasteiger partial charge in [0.1, 0.15) is 17.9 Å². The molecule has 1 aromatic heterocycles. The second-order valence-electron chi connectivity index (χ2n) is 5.33. The maximum absolute atomic E-state index is 11.8. The zero-order chi connectivity index (χ0) is 16.6. The van der Waals surface area contributed by atoms with E-state index in [-0.39, 0.29) is 5.63 Å². The Hall–Kier alpha value is -1.78. The Bertz CT molecular complexity index is 930. The Morgan fingerprint density at radius 3 is 2.52 bits per heavy atom. The minimum atomic E-state index is -0.337. The lowest BCUT2D eigenvalue weighted by atomic mass is 10.1. The summed E-state index contributed by atoms with van der Waals surface area (Å²) in [4.78, 5) is 11.8. The average Bonchev–Trinajstić information content (AvgIpc) is 2.53. The molecule has 1 heterocycles. The zero-order valence-electron chi connectivity index (χ0n) is 12.7. The van der Waals surface area contributed by atoms with Gasteiger partial charge in [-0.25, -0.2) is 4.79 Å². The number of rotatable bonds is 3. The number of aryl methyl sites for hydroxylation is 1. The van der Waals surface area contributed by atoms with Gasteiger partial charge in [-0.2, -0.15) is 0 Å². The zero-order valence-corrected chi connectivity index (χ0v) is 15.0. The summed E-state index contributed by atoms with van der Waals surface area (Å²) in [6.07, 6.45) is 0. The molecule has 0 saturated carbocycles. The van der Waals surface area contributed by atoms with Gasteiger partial charge in [0.15, 0.2) is 0 Å². The first-order chi connectivity index (χ1) is 11.0. The lowest BCUT2D eigenvalue weighted by Gasteiger charge is -2.11. The molecule has 0 spiro atoms. The van der Waals surface area contributed by atoms with Crippen molar-refractivity contribution in [3.63, 3.8) is 0 Å². The number of fused-ring (bicyclic) bond motifs is 1. The third kappa shape index (κ3) is 3.28. The highest BCUT2D eigenvalue weighted by molar-refractivity contribution is 9.10. The van der Waals surface area contributed by atoms with Gasteiger partial charge in [0.05, 0.1) is 5.02 Å². The Labute approximate surface area is 147 Å². The van der Waals surface area contributed by atoms with Crippen LogP contribution in [-0.4, -0.2) is 0 Å². The number of benzene rings is 2. The third-order valence-electron chi connectivity index (χ3n) is 3.82. The van der Waals surface area contributed by atoms with Crippen molar-refractivity contribution in [3.8, 4) is 5.75 Å². The van der Waals surface area contributed by atoms with Crippen LogP contribution in [0.25, 0.3) is 11.0 Å². The van der Waals surface area contributed by atoms with E-state index in [0.29, 0.717) is 28.5 Å². The van der Waals surface area contributed by atoms with Crippen molar-refractivity contribution in [1.82, 2.24) is 0 Å². The highest BCUT2D eigenvalue weighted by Gasteiger charge is 2.12. The summed E-state index contributed by atoms with van der Waals surface area (Å²) in [5.74, 6) is 0.494. The molecule has 0 unspecified atom stereocenters. The van der Waals surface area contributed by atoms with E-state index in [1.54, 1.807) is 19.1 Å². The molecule has 0 bridgehead atoms. The molecular formula is C18H14BrClO3. The number of hydrogen-bond acceptors (Lipinski definition) is 3. The lowest BCUT2D eigenvalue weighted by Crippen LogP contribution is -2.06. The molecule has 0 aliphatic carbocycles. The molecule has 0 aliphatic rings. The fraction of sp³-hybridized carbons (Fsp3) is 0.167. The average molecular weight is 394 g/mol. The second kappa shape index (κ2) is 6.38. The van der Waals surface area contributed by atoms with E-state index in [0.717, 1.165) is 21.0 Å². The highest BCUT2D eigenvalue weighted by atomic mass is 79.9. The Kier molecular flexibility index (Phi) is 4.46. The van der Waals surface area contributed by atoms with Crippen LogP contribution >= 0.6 is 27.5 Å². The maximum Gasteiger partial charge on any atom is 0.339 e. The predicted octanol–water partition coefficient (Wildman–Crippen LogP) is 5.40. The SMILES string of the molecule is Cc1c(C)c2cc(Cl)c(OCc3ccc(Br)cc3)cc2oc1=O. The van der Waals surface area contributed by atoms with E-state index < -0.39 is 0 Å². The molecule has 0 atom stereocenters. The fourth-order valence-corrected chi connectivity index (χ4v) is 2.78. The van der Waals surface area contributed by atoms with Crippen molar-refractivity contribution < 1.29 is 9.15 Å². The standard InChI is InChI=1S/C18H14BrClO3/c1-10-11(2)18(21)23-16-8-17(15(20)7-14(10)16)22-9-12-3-5-13(19)6-4-12/h3-8H,9H2,1-2H3. The van der Waals surface area contributed by atoms with E-state index >= 15 is 0 Å². The van der Waals surface area contributed by atoms with Crippen LogP contribution in [0.5, 0.6) is 5.75 Å². The van der Waals surface area contributed by atoms with Gasteiger partial charge in [0.25, 0.3) is 0 Å². The number of hydrogen-bond donors (Lipinski definition) is 0. The molecule has 0 radical (unpaired) electrons. The van der Waals surface area contributed by atoms with Crippen molar-refractivity contribution in [2.24, 2.45) is 0 Å². The summed E-state index contributed by atoms with van der Waals surface area (Å²) >= 11 is 9.70. The topological polar surface area (TPSA) is 39.4 Å². The minimum Gasteiger partial charge on any atom is -0.487 e. The molecule has 23 heavy (non-hydrogen) atoms. The van der Waals surface area contributed by atoms with Crippen LogP contribution in [0.2, 0.25) is 5.02 Å². The van der Waals surface area contributed by atoms with E-state index in [4.69, 9.17) is 20.8 Å². The summed E-state index contributed by atoms with van der Waals surface area (Å²) in [5.41, 5.74) is 2.63. The normalized spacial score (nSPS) is 11.0. The molecule has 3 aromatic rings. The van der Waals surface area contributed by atoms with Gasteiger partial charge in [-0.3, -0.25) is 0 Å². The molecule has 0 amide bonds. The summed E-state index contributed by atoms with van der Waals surface area (Å²) in [7, 11) is 0. The monoisotopic (exact) mass is 392 g/mol. The molecule has 0 fully saturated rings.